The Hall–Kier alpha value is -2.54. The van der Waals surface area contributed by atoms with Crippen molar-refractivity contribution in [2.45, 2.75) is 59.9 Å². The molecule has 0 spiro atoms. The topological polar surface area (TPSA) is 98.5 Å². The second-order valence-electron chi connectivity index (χ2n) is 6.31. The van der Waals surface area contributed by atoms with Gasteiger partial charge in [-0.25, -0.2) is 0 Å². The fourth-order valence-electron chi connectivity index (χ4n) is 2.71. The number of hydrogen-bond acceptors (Lipinski definition) is 5. The lowest BCUT2D eigenvalue weighted by molar-refractivity contribution is -0.126. The smallest absolute Gasteiger partial charge is 0.240 e. The predicted octanol–water partition coefficient (Wildman–Crippen LogP) is 4.64. The first-order valence-electron chi connectivity index (χ1n) is 10.6. The van der Waals surface area contributed by atoms with Crippen LogP contribution in [-0.2, 0) is 14.4 Å². The highest BCUT2D eigenvalue weighted by Crippen LogP contribution is 2.28. The molecule has 3 N–H and O–H groups in total. The van der Waals surface area contributed by atoms with Gasteiger partial charge in [0, 0.05) is 12.7 Å². The highest BCUT2D eigenvalue weighted by molar-refractivity contribution is 8.13. The van der Waals surface area contributed by atoms with E-state index >= 15 is 0 Å². The summed E-state index contributed by atoms with van der Waals surface area (Å²) in [5.74, 6) is -0.0121. The molecule has 2 aromatic carbocycles. The Balaban J connectivity index is 0.00000212. The van der Waals surface area contributed by atoms with E-state index in [4.69, 9.17) is 10.5 Å². The normalized spacial score (nSPS) is 11.7. The van der Waals surface area contributed by atoms with Crippen molar-refractivity contribution < 1.29 is 19.1 Å². The molecule has 0 heterocycles. The van der Waals surface area contributed by atoms with Crippen molar-refractivity contribution in [3.63, 3.8) is 0 Å². The molecular formula is C24H36N2O4S. The number of hydrogen-bond donors (Lipinski definition) is 2. The number of thioether (sulfide) groups is 1. The predicted molar refractivity (Wildman–Crippen MR) is 130 cm³/mol. The van der Waals surface area contributed by atoms with Gasteiger partial charge < -0.3 is 15.8 Å². The number of nitrogens with one attached hydrogen (secondary N) is 1. The maximum atomic E-state index is 12.5. The molecule has 2 amide bonds. The molecule has 7 heteroatoms. The Labute approximate surface area is 190 Å². The SMILES string of the molecule is CC.CC.COc1ccc2cc(C(C)C(=O)SCCC(NC(C)=O)C(N)=O)ccc2c1. The summed E-state index contributed by atoms with van der Waals surface area (Å²) in [6.45, 7) is 11.2. The molecule has 0 saturated heterocycles. The Bertz CT molecular complexity index is 855. The van der Waals surface area contributed by atoms with E-state index < -0.39 is 11.9 Å². The molecule has 0 aromatic heterocycles. The van der Waals surface area contributed by atoms with Crippen molar-refractivity contribution in [2.24, 2.45) is 5.73 Å². The summed E-state index contributed by atoms with van der Waals surface area (Å²) in [5.41, 5.74) is 6.20. The summed E-state index contributed by atoms with van der Waals surface area (Å²) in [6.07, 6.45) is 0.315. The van der Waals surface area contributed by atoms with Gasteiger partial charge in [-0.2, -0.15) is 0 Å². The number of carbonyl (C=O) groups is 3. The zero-order valence-corrected chi connectivity index (χ0v) is 20.5. The van der Waals surface area contributed by atoms with Crippen LogP contribution >= 0.6 is 11.8 Å². The van der Waals surface area contributed by atoms with Gasteiger partial charge in [0.05, 0.1) is 13.0 Å². The van der Waals surface area contributed by atoms with Crippen molar-refractivity contribution in [3.05, 3.63) is 42.0 Å². The van der Waals surface area contributed by atoms with Crippen LogP contribution in [0.1, 0.15) is 59.4 Å². The summed E-state index contributed by atoms with van der Waals surface area (Å²) in [4.78, 5) is 34.9. The largest absolute Gasteiger partial charge is 0.497 e. The van der Waals surface area contributed by atoms with Gasteiger partial charge in [0.15, 0.2) is 5.12 Å². The van der Waals surface area contributed by atoms with E-state index in [2.05, 4.69) is 5.32 Å². The monoisotopic (exact) mass is 448 g/mol. The molecule has 0 saturated carbocycles. The number of methoxy groups -OCH3 is 1. The zero-order valence-electron chi connectivity index (χ0n) is 19.7. The number of ether oxygens (including phenoxy) is 1. The van der Waals surface area contributed by atoms with E-state index in [1.165, 1.54) is 6.92 Å². The summed E-state index contributed by atoms with van der Waals surface area (Å²) >= 11 is 1.15. The molecular weight excluding hydrogens is 412 g/mol. The van der Waals surface area contributed by atoms with Crippen LogP contribution in [0.4, 0.5) is 0 Å². The second kappa shape index (κ2) is 15.3. The first-order chi connectivity index (χ1) is 14.8. The summed E-state index contributed by atoms with van der Waals surface area (Å²) in [6, 6.07) is 11.0. The molecule has 0 fully saturated rings. The Morgan fingerprint density at radius 3 is 2.16 bits per heavy atom. The minimum Gasteiger partial charge on any atom is -0.497 e. The second-order valence-corrected chi connectivity index (χ2v) is 7.41. The lowest BCUT2D eigenvalue weighted by atomic mass is 9.99. The minimum atomic E-state index is -0.756. The first kappa shape index (κ1) is 28.5. The van der Waals surface area contributed by atoms with Gasteiger partial charge in [-0.1, -0.05) is 70.6 Å². The van der Waals surface area contributed by atoms with E-state index in [0.29, 0.717) is 12.2 Å². The fraction of sp³-hybridized carbons (Fsp3) is 0.458. The first-order valence-corrected chi connectivity index (χ1v) is 11.6. The van der Waals surface area contributed by atoms with Crippen LogP contribution in [0.25, 0.3) is 10.8 Å². The molecule has 0 aliphatic heterocycles. The van der Waals surface area contributed by atoms with Gasteiger partial charge in [-0.05, 0) is 34.9 Å². The average Bonchev–Trinajstić information content (AvgIpc) is 2.79. The highest BCUT2D eigenvalue weighted by atomic mass is 32.2. The average molecular weight is 449 g/mol. The van der Waals surface area contributed by atoms with Crippen LogP contribution in [0.5, 0.6) is 5.75 Å². The van der Waals surface area contributed by atoms with Crippen molar-refractivity contribution in [1.82, 2.24) is 5.32 Å². The van der Waals surface area contributed by atoms with Gasteiger partial charge in [-0.3, -0.25) is 14.4 Å². The third-order valence-corrected chi connectivity index (χ3v) is 5.37. The maximum Gasteiger partial charge on any atom is 0.240 e. The Morgan fingerprint density at radius 2 is 1.61 bits per heavy atom. The van der Waals surface area contributed by atoms with Crippen molar-refractivity contribution in [3.8, 4) is 5.75 Å². The number of nitrogens with two attached hydrogens (primary N) is 1. The quantitative estimate of drug-likeness (QED) is 0.613. The van der Waals surface area contributed by atoms with Crippen molar-refractivity contribution in [1.29, 1.82) is 0 Å². The Kier molecular flexibility index (Phi) is 14.0. The summed E-state index contributed by atoms with van der Waals surface area (Å²) in [7, 11) is 1.63. The molecule has 0 aliphatic carbocycles. The van der Waals surface area contributed by atoms with E-state index in [1.54, 1.807) is 7.11 Å². The number of fused-ring (bicyclic) bond motifs is 1. The number of rotatable bonds is 8. The lowest BCUT2D eigenvalue weighted by Gasteiger charge is -2.15. The number of carbonyl (C=O) groups excluding carboxylic acids is 3. The molecule has 31 heavy (non-hydrogen) atoms. The fourth-order valence-corrected chi connectivity index (χ4v) is 3.65. The van der Waals surface area contributed by atoms with Gasteiger partial charge in [0.2, 0.25) is 11.8 Å². The van der Waals surface area contributed by atoms with E-state index in [1.807, 2.05) is 71.0 Å². The number of benzene rings is 2. The molecule has 0 aliphatic rings. The van der Waals surface area contributed by atoms with Crippen LogP contribution in [0.2, 0.25) is 0 Å². The zero-order chi connectivity index (χ0) is 24.0. The number of primary amides is 1. The third-order valence-electron chi connectivity index (χ3n) is 4.30. The maximum absolute atomic E-state index is 12.5. The van der Waals surface area contributed by atoms with Gasteiger partial charge in [0.1, 0.15) is 11.8 Å². The van der Waals surface area contributed by atoms with E-state index in [-0.39, 0.29) is 16.9 Å². The Morgan fingerprint density at radius 1 is 1.03 bits per heavy atom. The molecule has 6 nitrogen and oxygen atoms in total. The number of amides is 2. The molecule has 2 rings (SSSR count). The minimum absolute atomic E-state index is 0.00825. The van der Waals surface area contributed by atoms with Crippen LogP contribution < -0.4 is 15.8 Å². The van der Waals surface area contributed by atoms with E-state index in [9.17, 15) is 14.4 Å². The van der Waals surface area contributed by atoms with Crippen LogP contribution in [0.15, 0.2) is 36.4 Å². The van der Waals surface area contributed by atoms with Crippen LogP contribution in [0, 0.1) is 0 Å². The molecule has 2 aromatic rings. The van der Waals surface area contributed by atoms with Gasteiger partial charge in [0.25, 0.3) is 0 Å². The lowest BCUT2D eigenvalue weighted by Crippen LogP contribution is -2.43. The van der Waals surface area contributed by atoms with Gasteiger partial charge in [-0.15, -0.1) is 0 Å². The molecule has 0 radical (unpaired) electrons. The summed E-state index contributed by atoms with van der Waals surface area (Å²) < 4.78 is 5.23. The summed E-state index contributed by atoms with van der Waals surface area (Å²) in [5, 5.41) is 4.59. The van der Waals surface area contributed by atoms with Crippen LogP contribution in [-0.4, -0.2) is 35.8 Å². The third kappa shape index (κ3) is 9.42. The molecule has 2 unspecified atom stereocenters. The van der Waals surface area contributed by atoms with Crippen molar-refractivity contribution in [2.75, 3.05) is 12.9 Å². The van der Waals surface area contributed by atoms with Crippen LogP contribution in [0.3, 0.4) is 0 Å². The van der Waals surface area contributed by atoms with E-state index in [0.717, 1.165) is 33.8 Å². The standard InChI is InChI=1S/C20H24N2O4S.2C2H6/c1-12(20(25)27-9-8-18(19(21)24)22-13(2)23)14-4-5-16-11-17(26-3)7-6-15(16)10-14;2*1-2/h4-7,10-12,18H,8-9H2,1-3H3,(H2,21,24)(H,22,23);2*1-2H3. The van der Waals surface area contributed by atoms with Crippen molar-refractivity contribution >= 4 is 39.5 Å². The highest BCUT2D eigenvalue weighted by Gasteiger charge is 2.20. The molecule has 0 bridgehead atoms. The molecule has 172 valence electrons. The van der Waals surface area contributed by atoms with Gasteiger partial charge >= 0.3 is 0 Å². The molecule has 2 atom stereocenters.